The molecule has 100 valence electrons. The van der Waals surface area contributed by atoms with E-state index in [0.29, 0.717) is 12.1 Å². The van der Waals surface area contributed by atoms with Gasteiger partial charge in [-0.3, -0.25) is 4.79 Å². The van der Waals surface area contributed by atoms with Crippen molar-refractivity contribution < 1.29 is 14.3 Å². The Morgan fingerprint density at radius 3 is 2.58 bits per heavy atom. The molecule has 0 saturated heterocycles. The summed E-state index contributed by atoms with van der Waals surface area (Å²) >= 11 is 0. The fraction of sp³-hybridized carbons (Fsp3) is 0.267. The lowest BCUT2D eigenvalue weighted by Gasteiger charge is -2.18. The SMILES string of the molecule is CC(=O)c1ccc(N(C)Cc2ccc(C)o2)cc1O. The molecule has 0 radical (unpaired) electrons. The maximum Gasteiger partial charge on any atom is 0.163 e. The van der Waals surface area contributed by atoms with E-state index in [4.69, 9.17) is 4.42 Å². The van der Waals surface area contributed by atoms with Gasteiger partial charge >= 0.3 is 0 Å². The molecule has 0 aliphatic rings. The molecule has 0 atom stereocenters. The number of phenolic OH excluding ortho intramolecular Hbond substituents is 1. The van der Waals surface area contributed by atoms with Crippen molar-refractivity contribution in [1.82, 2.24) is 0 Å². The van der Waals surface area contributed by atoms with E-state index in [1.807, 2.05) is 37.1 Å². The standard InChI is InChI=1S/C15H17NO3/c1-10-4-6-13(19-10)9-16(3)12-5-7-14(11(2)17)15(18)8-12/h4-8,18H,9H2,1-3H3. The molecule has 2 rings (SSSR count). The van der Waals surface area contributed by atoms with Crippen LogP contribution in [0, 0.1) is 6.92 Å². The van der Waals surface area contributed by atoms with Gasteiger partial charge in [-0.15, -0.1) is 0 Å². The third-order valence-electron chi connectivity index (χ3n) is 2.99. The van der Waals surface area contributed by atoms with Crippen molar-refractivity contribution >= 4 is 11.5 Å². The predicted molar refractivity (Wildman–Crippen MR) is 73.7 cm³/mol. The van der Waals surface area contributed by atoms with Crippen LogP contribution in [0.15, 0.2) is 34.7 Å². The number of aromatic hydroxyl groups is 1. The van der Waals surface area contributed by atoms with Gasteiger partial charge in [0.05, 0.1) is 12.1 Å². The smallest absolute Gasteiger partial charge is 0.163 e. The number of rotatable bonds is 4. The summed E-state index contributed by atoms with van der Waals surface area (Å²) in [5, 5.41) is 9.81. The molecule has 19 heavy (non-hydrogen) atoms. The van der Waals surface area contributed by atoms with Gasteiger partial charge in [-0.05, 0) is 38.1 Å². The van der Waals surface area contributed by atoms with Crippen molar-refractivity contribution in [2.75, 3.05) is 11.9 Å². The van der Waals surface area contributed by atoms with Gasteiger partial charge in [0.1, 0.15) is 17.3 Å². The first-order valence-electron chi connectivity index (χ1n) is 6.08. The van der Waals surface area contributed by atoms with Crippen LogP contribution in [0.3, 0.4) is 0 Å². The van der Waals surface area contributed by atoms with Crippen LogP contribution in [-0.4, -0.2) is 17.9 Å². The molecule has 1 heterocycles. The molecule has 1 aromatic carbocycles. The average Bonchev–Trinajstić information content (AvgIpc) is 2.74. The number of anilines is 1. The molecule has 4 nitrogen and oxygen atoms in total. The molecule has 2 aromatic rings. The molecule has 0 saturated carbocycles. The summed E-state index contributed by atoms with van der Waals surface area (Å²) < 4.78 is 5.51. The van der Waals surface area contributed by atoms with Crippen LogP contribution in [0.5, 0.6) is 5.75 Å². The Balaban J connectivity index is 2.17. The molecule has 0 aliphatic carbocycles. The van der Waals surface area contributed by atoms with Crippen LogP contribution in [0.4, 0.5) is 5.69 Å². The minimum atomic E-state index is -0.145. The van der Waals surface area contributed by atoms with E-state index in [-0.39, 0.29) is 11.5 Å². The molecule has 1 aromatic heterocycles. The Kier molecular flexibility index (Phi) is 3.60. The Morgan fingerprint density at radius 2 is 2.05 bits per heavy atom. The van der Waals surface area contributed by atoms with Crippen LogP contribution < -0.4 is 4.90 Å². The molecular weight excluding hydrogens is 242 g/mol. The van der Waals surface area contributed by atoms with Crippen LogP contribution in [0.2, 0.25) is 0 Å². The summed E-state index contributed by atoms with van der Waals surface area (Å²) in [5.41, 5.74) is 1.17. The number of furan rings is 1. The summed E-state index contributed by atoms with van der Waals surface area (Å²) in [6.07, 6.45) is 0. The van der Waals surface area contributed by atoms with Gasteiger partial charge < -0.3 is 14.4 Å². The second-order valence-corrected chi connectivity index (χ2v) is 4.63. The van der Waals surface area contributed by atoms with E-state index < -0.39 is 0 Å². The van der Waals surface area contributed by atoms with E-state index in [2.05, 4.69) is 0 Å². The molecule has 0 bridgehead atoms. The predicted octanol–water partition coefficient (Wildman–Crippen LogP) is 3.13. The first-order valence-corrected chi connectivity index (χ1v) is 6.08. The third kappa shape index (κ3) is 2.96. The van der Waals surface area contributed by atoms with Crippen LogP contribution in [-0.2, 0) is 6.54 Å². The summed E-state index contributed by atoms with van der Waals surface area (Å²) in [7, 11) is 1.90. The quantitative estimate of drug-likeness (QED) is 0.857. The maximum atomic E-state index is 11.3. The third-order valence-corrected chi connectivity index (χ3v) is 2.99. The molecule has 1 N–H and O–H groups in total. The zero-order valence-electron chi connectivity index (χ0n) is 11.3. The Morgan fingerprint density at radius 1 is 1.32 bits per heavy atom. The summed E-state index contributed by atoms with van der Waals surface area (Å²) in [4.78, 5) is 13.2. The van der Waals surface area contributed by atoms with Gasteiger partial charge in [0.15, 0.2) is 5.78 Å². The number of benzene rings is 1. The van der Waals surface area contributed by atoms with Gasteiger partial charge in [-0.2, -0.15) is 0 Å². The van der Waals surface area contributed by atoms with Crippen LogP contribution in [0.25, 0.3) is 0 Å². The summed E-state index contributed by atoms with van der Waals surface area (Å²) in [5.74, 6) is 1.59. The van der Waals surface area contributed by atoms with Crippen molar-refractivity contribution in [3.63, 3.8) is 0 Å². The molecule has 0 amide bonds. The van der Waals surface area contributed by atoms with Crippen LogP contribution >= 0.6 is 0 Å². The minimum absolute atomic E-state index is 0.00692. The monoisotopic (exact) mass is 259 g/mol. The first kappa shape index (κ1) is 13.2. The average molecular weight is 259 g/mol. The van der Waals surface area contributed by atoms with Gasteiger partial charge in [0, 0.05) is 18.8 Å². The molecule has 0 aliphatic heterocycles. The first-order chi connectivity index (χ1) is 8.97. The number of hydrogen-bond acceptors (Lipinski definition) is 4. The van der Waals surface area contributed by atoms with Crippen molar-refractivity contribution in [1.29, 1.82) is 0 Å². The maximum absolute atomic E-state index is 11.3. The number of Topliss-reactive ketones (excluding diaryl/α,β-unsaturated/α-hetero) is 1. The van der Waals surface area contributed by atoms with Crippen molar-refractivity contribution in [3.05, 3.63) is 47.4 Å². The van der Waals surface area contributed by atoms with Crippen molar-refractivity contribution in [2.24, 2.45) is 0 Å². The number of phenols is 1. The molecule has 0 spiro atoms. The van der Waals surface area contributed by atoms with Crippen molar-refractivity contribution in [2.45, 2.75) is 20.4 Å². The highest BCUT2D eigenvalue weighted by Gasteiger charge is 2.10. The lowest BCUT2D eigenvalue weighted by atomic mass is 10.1. The number of nitrogens with zero attached hydrogens (tertiary/aromatic N) is 1. The Bertz CT molecular complexity index is 601. The van der Waals surface area contributed by atoms with E-state index in [1.165, 1.54) is 6.92 Å². The molecular formula is C15H17NO3. The number of carbonyl (C=O) groups is 1. The van der Waals surface area contributed by atoms with Gasteiger partial charge in [0.25, 0.3) is 0 Å². The normalized spacial score (nSPS) is 10.5. The van der Waals surface area contributed by atoms with E-state index >= 15 is 0 Å². The topological polar surface area (TPSA) is 53.7 Å². The lowest BCUT2D eigenvalue weighted by Crippen LogP contribution is -2.16. The summed E-state index contributed by atoms with van der Waals surface area (Å²) in [6.45, 7) is 3.94. The number of carbonyl (C=O) groups excluding carboxylic acids is 1. The van der Waals surface area contributed by atoms with E-state index in [0.717, 1.165) is 17.2 Å². The lowest BCUT2D eigenvalue weighted by molar-refractivity contribution is 0.101. The Hall–Kier alpha value is -2.23. The second-order valence-electron chi connectivity index (χ2n) is 4.63. The molecule has 0 fully saturated rings. The highest BCUT2D eigenvalue weighted by molar-refractivity contribution is 5.97. The summed E-state index contributed by atoms with van der Waals surface area (Å²) in [6, 6.07) is 8.88. The van der Waals surface area contributed by atoms with Crippen LogP contribution in [0.1, 0.15) is 28.8 Å². The van der Waals surface area contributed by atoms with Crippen molar-refractivity contribution in [3.8, 4) is 5.75 Å². The zero-order valence-corrected chi connectivity index (χ0v) is 11.3. The van der Waals surface area contributed by atoms with Gasteiger partial charge in [-0.1, -0.05) is 0 Å². The fourth-order valence-electron chi connectivity index (χ4n) is 1.95. The molecule has 4 heteroatoms. The zero-order chi connectivity index (χ0) is 14.0. The van der Waals surface area contributed by atoms with Gasteiger partial charge in [-0.25, -0.2) is 0 Å². The number of hydrogen-bond donors (Lipinski definition) is 1. The second kappa shape index (κ2) is 5.18. The fourth-order valence-corrected chi connectivity index (χ4v) is 1.95. The van der Waals surface area contributed by atoms with E-state index in [9.17, 15) is 9.90 Å². The van der Waals surface area contributed by atoms with Gasteiger partial charge in [0.2, 0.25) is 0 Å². The molecule has 0 unspecified atom stereocenters. The largest absolute Gasteiger partial charge is 0.507 e. The number of ketones is 1. The highest BCUT2D eigenvalue weighted by atomic mass is 16.3. The number of aryl methyl sites for hydroxylation is 1. The van der Waals surface area contributed by atoms with E-state index in [1.54, 1.807) is 12.1 Å². The Labute approximate surface area is 112 Å². The highest BCUT2D eigenvalue weighted by Crippen LogP contribution is 2.25. The minimum Gasteiger partial charge on any atom is -0.507 e.